The van der Waals surface area contributed by atoms with E-state index in [1.54, 1.807) is 24.4 Å². The molecule has 1 aliphatic heterocycles. The van der Waals surface area contributed by atoms with Crippen LogP contribution in [0.15, 0.2) is 54.7 Å². The van der Waals surface area contributed by atoms with E-state index in [0.717, 1.165) is 36.1 Å². The number of hydrogen-bond donors (Lipinski definition) is 2. The summed E-state index contributed by atoms with van der Waals surface area (Å²) in [6.45, 7) is 2.54. The lowest BCUT2D eigenvalue weighted by atomic mass is 10.00. The number of hydrogen-bond acceptors (Lipinski definition) is 5. The smallest absolute Gasteiger partial charge is 0.271 e. The maximum Gasteiger partial charge on any atom is 0.271 e. The summed E-state index contributed by atoms with van der Waals surface area (Å²) in [5, 5.41) is 11.6. The van der Waals surface area contributed by atoms with Crippen molar-refractivity contribution in [1.29, 1.82) is 0 Å². The third-order valence-corrected chi connectivity index (χ3v) is 8.26. The summed E-state index contributed by atoms with van der Waals surface area (Å²) < 4.78 is 77.8. The molecule has 2 aromatic heterocycles. The second-order valence-corrected chi connectivity index (χ2v) is 11.0. The summed E-state index contributed by atoms with van der Waals surface area (Å²) in [5.74, 6) is -4.64. The number of nitrogens with zero attached hydrogens (tertiary/aromatic N) is 2. The predicted molar refractivity (Wildman–Crippen MR) is 147 cm³/mol. The van der Waals surface area contributed by atoms with Gasteiger partial charge in [0.15, 0.2) is 17.3 Å². The lowest BCUT2D eigenvalue weighted by Crippen LogP contribution is -2.54. The first-order valence-corrected chi connectivity index (χ1v) is 13.6. The van der Waals surface area contributed by atoms with Crippen molar-refractivity contribution in [3.8, 4) is 21.9 Å². The molecule has 1 saturated heterocycles. The van der Waals surface area contributed by atoms with Crippen molar-refractivity contribution in [2.75, 3.05) is 31.6 Å². The minimum absolute atomic E-state index is 0.0797. The number of aromatic nitrogens is 2. The van der Waals surface area contributed by atoms with E-state index in [2.05, 4.69) is 20.4 Å². The van der Waals surface area contributed by atoms with Gasteiger partial charge in [-0.15, -0.1) is 11.3 Å². The van der Waals surface area contributed by atoms with Crippen LogP contribution < -0.4 is 10.1 Å². The zero-order valence-electron chi connectivity index (χ0n) is 21.4. The minimum atomic E-state index is -3.34. The molecule has 0 spiro atoms. The Kier molecular flexibility index (Phi) is 6.87. The lowest BCUT2D eigenvalue weighted by Gasteiger charge is -2.40. The molecule has 0 bridgehead atoms. The Bertz CT molecular complexity index is 1690. The summed E-state index contributed by atoms with van der Waals surface area (Å²) >= 11 is 1.20. The van der Waals surface area contributed by atoms with Gasteiger partial charge in [0.2, 0.25) is 0 Å². The van der Waals surface area contributed by atoms with Crippen LogP contribution in [0.2, 0.25) is 0 Å². The third kappa shape index (κ3) is 4.99. The van der Waals surface area contributed by atoms with E-state index >= 15 is 4.39 Å². The molecule has 0 atom stereocenters. The topological polar surface area (TPSA) is 53.2 Å². The monoisotopic (exact) mass is 572 g/mol. The van der Waals surface area contributed by atoms with Crippen LogP contribution >= 0.6 is 11.3 Å². The van der Waals surface area contributed by atoms with Crippen LogP contribution in [0.3, 0.4) is 0 Å². The van der Waals surface area contributed by atoms with Crippen LogP contribution in [0.1, 0.15) is 18.9 Å². The Morgan fingerprint density at radius 3 is 2.67 bits per heavy atom. The molecule has 0 unspecified atom stereocenters. The maximum atomic E-state index is 15.3. The zero-order valence-corrected chi connectivity index (χ0v) is 22.2. The summed E-state index contributed by atoms with van der Waals surface area (Å²) in [5.41, 5.74) is 0.922. The molecular formula is C29H25F5N4OS. The normalized spacial score (nSPS) is 14.7. The fraction of sp³-hybridized carbons (Fsp3) is 0.276. The highest BCUT2D eigenvalue weighted by atomic mass is 32.1. The van der Waals surface area contributed by atoms with E-state index in [1.807, 2.05) is 0 Å². The van der Waals surface area contributed by atoms with Crippen LogP contribution in [-0.2, 0) is 5.92 Å². The third-order valence-electron chi connectivity index (χ3n) is 7.01. The molecule has 0 saturated carbocycles. The molecular weight excluding hydrogens is 547 g/mol. The van der Waals surface area contributed by atoms with Gasteiger partial charge in [0.05, 0.1) is 29.3 Å². The molecule has 40 heavy (non-hydrogen) atoms. The number of halogens is 5. The summed E-state index contributed by atoms with van der Waals surface area (Å²) in [6, 6.07) is 11.4. The fourth-order valence-corrected chi connectivity index (χ4v) is 6.33. The first-order chi connectivity index (χ1) is 19.2. The number of benzene rings is 3. The second-order valence-electron chi connectivity index (χ2n) is 10.0. The van der Waals surface area contributed by atoms with Gasteiger partial charge in [-0.1, -0.05) is 6.07 Å². The fourth-order valence-electron chi connectivity index (χ4n) is 5.05. The quantitative estimate of drug-likeness (QED) is 0.175. The first kappa shape index (κ1) is 26.5. The van der Waals surface area contributed by atoms with Gasteiger partial charge in [0.1, 0.15) is 5.82 Å². The molecule has 1 aliphatic rings. The minimum Gasteiger partial charge on any atom is -0.452 e. The number of likely N-dealkylation sites (tertiary alicyclic amines) is 1. The molecule has 1 fully saturated rings. The van der Waals surface area contributed by atoms with Crippen LogP contribution in [0.4, 0.5) is 27.6 Å². The average Bonchev–Trinajstić information content (AvgIpc) is 3.51. The largest absolute Gasteiger partial charge is 0.452 e. The van der Waals surface area contributed by atoms with Crippen molar-refractivity contribution in [3.63, 3.8) is 0 Å². The molecule has 3 heterocycles. The van der Waals surface area contributed by atoms with Crippen LogP contribution in [-0.4, -0.2) is 47.4 Å². The number of alkyl halides is 3. The molecule has 0 radical (unpaired) electrons. The number of rotatable bonds is 9. The van der Waals surface area contributed by atoms with Gasteiger partial charge in [0, 0.05) is 64.9 Å². The van der Waals surface area contributed by atoms with Gasteiger partial charge in [-0.2, -0.15) is 5.10 Å². The Balaban J connectivity index is 1.37. The van der Waals surface area contributed by atoms with Crippen molar-refractivity contribution in [3.05, 3.63) is 71.9 Å². The highest BCUT2D eigenvalue weighted by Gasteiger charge is 2.32. The maximum absolute atomic E-state index is 15.3. The van der Waals surface area contributed by atoms with Gasteiger partial charge in [-0.05, 0) is 42.8 Å². The van der Waals surface area contributed by atoms with Gasteiger partial charge >= 0.3 is 0 Å². The zero-order chi connectivity index (χ0) is 28.0. The Morgan fingerprint density at radius 1 is 1.10 bits per heavy atom. The molecule has 208 valence electrons. The number of fused-ring (bicyclic) bond motifs is 3. The molecule has 0 amide bonds. The van der Waals surface area contributed by atoms with E-state index in [1.165, 1.54) is 29.5 Å². The molecule has 11 heteroatoms. The highest BCUT2D eigenvalue weighted by molar-refractivity contribution is 7.23. The number of nitrogens with one attached hydrogen (secondary N) is 2. The van der Waals surface area contributed by atoms with E-state index < -0.39 is 23.1 Å². The standard InChI is InChI=1S/C29H25F5N4OS/c1-29(33,34)22-11-16(31)3-5-19(22)28-26(20-6-7-24-21(13-35-37-24)27(20)40-28)39-25-8-4-17(12-23(25)32)36-18-14-38(15-18)10-2-9-30/h3-8,11-13,18,36H,2,9-10,14-15H2,1H3,(H,35,37). The predicted octanol–water partition coefficient (Wildman–Crippen LogP) is 8.08. The number of anilines is 1. The Morgan fingerprint density at radius 2 is 1.93 bits per heavy atom. The van der Waals surface area contributed by atoms with E-state index in [0.29, 0.717) is 40.5 Å². The van der Waals surface area contributed by atoms with E-state index in [9.17, 15) is 17.6 Å². The van der Waals surface area contributed by atoms with Gasteiger partial charge < -0.3 is 10.1 Å². The molecule has 2 N–H and O–H groups in total. The van der Waals surface area contributed by atoms with Crippen LogP contribution in [0.25, 0.3) is 31.4 Å². The van der Waals surface area contributed by atoms with Gasteiger partial charge in [-0.25, -0.2) is 17.6 Å². The first-order valence-electron chi connectivity index (χ1n) is 12.8. The van der Waals surface area contributed by atoms with Gasteiger partial charge in [-0.3, -0.25) is 14.4 Å². The summed E-state index contributed by atoms with van der Waals surface area (Å²) in [4.78, 5) is 2.44. The second kappa shape index (κ2) is 10.4. The van der Waals surface area contributed by atoms with Crippen molar-refractivity contribution in [1.82, 2.24) is 15.1 Å². The van der Waals surface area contributed by atoms with Crippen LogP contribution in [0, 0.1) is 11.6 Å². The Hall–Kier alpha value is -3.70. The molecule has 5 aromatic rings. The lowest BCUT2D eigenvalue weighted by molar-refractivity contribution is 0.0178. The SMILES string of the molecule is CC(F)(F)c1cc(F)ccc1-c1sc2c(ccc3[nH]ncc32)c1Oc1ccc(NC2CN(CCCF)C2)cc1F. The van der Waals surface area contributed by atoms with Crippen LogP contribution in [0.5, 0.6) is 11.5 Å². The molecule has 3 aromatic carbocycles. The van der Waals surface area contributed by atoms with Crippen molar-refractivity contribution < 1.29 is 26.7 Å². The molecule has 0 aliphatic carbocycles. The van der Waals surface area contributed by atoms with Crippen molar-refractivity contribution >= 4 is 38.0 Å². The van der Waals surface area contributed by atoms with Crippen molar-refractivity contribution in [2.24, 2.45) is 0 Å². The van der Waals surface area contributed by atoms with E-state index in [4.69, 9.17) is 4.74 Å². The molecule has 5 nitrogen and oxygen atoms in total. The van der Waals surface area contributed by atoms with Crippen molar-refractivity contribution in [2.45, 2.75) is 25.3 Å². The van der Waals surface area contributed by atoms with E-state index in [-0.39, 0.29) is 29.8 Å². The number of ether oxygens (including phenoxy) is 1. The number of aromatic amines is 1. The highest BCUT2D eigenvalue weighted by Crippen LogP contribution is 2.51. The number of thiophene rings is 1. The Labute approximate surface area is 230 Å². The number of H-pyrrole nitrogens is 1. The summed E-state index contributed by atoms with van der Waals surface area (Å²) in [7, 11) is 0. The summed E-state index contributed by atoms with van der Waals surface area (Å²) in [6.07, 6.45) is 2.12. The molecule has 6 rings (SSSR count). The average molecular weight is 573 g/mol. The van der Waals surface area contributed by atoms with Gasteiger partial charge in [0.25, 0.3) is 5.92 Å².